The van der Waals surface area contributed by atoms with Crippen molar-refractivity contribution in [2.75, 3.05) is 18.5 Å². The first-order chi connectivity index (χ1) is 13.2. The molecule has 27 heavy (non-hydrogen) atoms. The fourth-order valence-electron chi connectivity index (χ4n) is 4.38. The molecule has 0 spiro atoms. The summed E-state index contributed by atoms with van der Waals surface area (Å²) in [5.41, 5.74) is 0.750. The summed E-state index contributed by atoms with van der Waals surface area (Å²) in [7, 11) is 0. The number of carbonyl (C=O) groups excluding carboxylic acids is 1. The van der Waals surface area contributed by atoms with Gasteiger partial charge in [-0.3, -0.25) is 4.79 Å². The first kappa shape index (κ1) is 19.9. The first-order valence-corrected chi connectivity index (χ1v) is 10.2. The topological polar surface area (TPSA) is 67.8 Å². The summed E-state index contributed by atoms with van der Waals surface area (Å²) in [6, 6.07) is 9.42. The predicted molar refractivity (Wildman–Crippen MR) is 105 cm³/mol. The lowest BCUT2D eigenvalue weighted by atomic mass is 9.76. The molecule has 1 amide bonds. The van der Waals surface area contributed by atoms with Crippen molar-refractivity contribution in [2.45, 2.75) is 51.7 Å². The van der Waals surface area contributed by atoms with Crippen LogP contribution in [0.4, 0.5) is 5.69 Å². The molecule has 2 aliphatic rings. The number of hydrogen-bond acceptors (Lipinski definition) is 4. The standard InChI is InChI=1S/C22H31NO4/c1-2-26-22-18(13-8-14-24)19(16-9-6-7-10-16)15-20(27-22)21(25)23-17-11-4-3-5-12-17/h3-5,11-12,15-16,18-19,22,24H,2,6-10,13-14H2,1H3,(H,23,25)/t18-,19-,22-/m1/s1. The van der Waals surface area contributed by atoms with Gasteiger partial charge >= 0.3 is 0 Å². The Morgan fingerprint density at radius 3 is 2.67 bits per heavy atom. The van der Waals surface area contributed by atoms with Crippen molar-refractivity contribution in [3.63, 3.8) is 0 Å². The monoisotopic (exact) mass is 373 g/mol. The Morgan fingerprint density at radius 1 is 1.26 bits per heavy atom. The Balaban J connectivity index is 1.82. The van der Waals surface area contributed by atoms with Crippen LogP contribution in [0.1, 0.15) is 45.4 Å². The van der Waals surface area contributed by atoms with Gasteiger partial charge in [-0.1, -0.05) is 31.0 Å². The summed E-state index contributed by atoms with van der Waals surface area (Å²) in [6.07, 6.45) is 8.00. The summed E-state index contributed by atoms with van der Waals surface area (Å²) < 4.78 is 11.9. The van der Waals surface area contributed by atoms with Crippen LogP contribution < -0.4 is 5.32 Å². The third-order valence-corrected chi connectivity index (χ3v) is 5.66. The zero-order chi connectivity index (χ0) is 19.1. The van der Waals surface area contributed by atoms with Gasteiger partial charge in [-0.25, -0.2) is 0 Å². The number of allylic oxidation sites excluding steroid dienone is 1. The molecule has 1 aromatic carbocycles. The molecule has 1 fully saturated rings. The van der Waals surface area contributed by atoms with E-state index in [-0.39, 0.29) is 24.3 Å². The fourth-order valence-corrected chi connectivity index (χ4v) is 4.38. The van der Waals surface area contributed by atoms with E-state index < -0.39 is 6.29 Å². The summed E-state index contributed by atoms with van der Waals surface area (Å²) in [5.74, 6) is 1.11. The van der Waals surface area contributed by atoms with Gasteiger partial charge in [0.1, 0.15) is 0 Å². The molecule has 0 aromatic heterocycles. The van der Waals surface area contributed by atoms with Gasteiger partial charge in [0, 0.05) is 24.8 Å². The van der Waals surface area contributed by atoms with Crippen LogP contribution in [0.2, 0.25) is 0 Å². The lowest BCUT2D eigenvalue weighted by Crippen LogP contribution is -2.40. The number of benzene rings is 1. The van der Waals surface area contributed by atoms with Crippen molar-refractivity contribution in [2.24, 2.45) is 17.8 Å². The van der Waals surface area contributed by atoms with Gasteiger partial charge in [-0.15, -0.1) is 0 Å². The number of anilines is 1. The second-order valence-corrected chi connectivity index (χ2v) is 7.44. The molecule has 1 heterocycles. The van der Waals surface area contributed by atoms with Crippen molar-refractivity contribution >= 4 is 11.6 Å². The van der Waals surface area contributed by atoms with Crippen LogP contribution in [0.3, 0.4) is 0 Å². The molecular formula is C22H31NO4. The highest BCUT2D eigenvalue weighted by Crippen LogP contribution is 2.43. The predicted octanol–water partition coefficient (Wildman–Crippen LogP) is 4.10. The highest BCUT2D eigenvalue weighted by atomic mass is 16.7. The number of aliphatic hydroxyl groups excluding tert-OH is 1. The maximum atomic E-state index is 12.8. The molecule has 0 bridgehead atoms. The van der Waals surface area contributed by atoms with E-state index in [1.54, 1.807) is 0 Å². The lowest BCUT2D eigenvalue weighted by molar-refractivity contribution is -0.174. The fraction of sp³-hybridized carbons (Fsp3) is 0.591. The van der Waals surface area contributed by atoms with Gasteiger partial charge < -0.3 is 19.9 Å². The Morgan fingerprint density at radius 2 is 2.00 bits per heavy atom. The quantitative estimate of drug-likeness (QED) is 0.720. The minimum Gasteiger partial charge on any atom is -0.459 e. The number of hydrogen-bond donors (Lipinski definition) is 2. The number of carbonyl (C=O) groups is 1. The van der Waals surface area contributed by atoms with E-state index >= 15 is 0 Å². The van der Waals surface area contributed by atoms with Crippen LogP contribution in [0, 0.1) is 17.8 Å². The smallest absolute Gasteiger partial charge is 0.290 e. The number of ether oxygens (including phenoxy) is 2. The third-order valence-electron chi connectivity index (χ3n) is 5.66. The van der Waals surface area contributed by atoms with Crippen LogP contribution in [-0.2, 0) is 14.3 Å². The normalized spacial score (nSPS) is 25.7. The van der Waals surface area contributed by atoms with Crippen molar-refractivity contribution in [3.8, 4) is 0 Å². The van der Waals surface area contributed by atoms with Crippen LogP contribution in [0.5, 0.6) is 0 Å². The molecule has 3 rings (SSSR count). The van der Waals surface area contributed by atoms with E-state index in [4.69, 9.17) is 9.47 Å². The lowest BCUT2D eigenvalue weighted by Gasteiger charge is -2.39. The number of amides is 1. The molecule has 1 saturated carbocycles. The molecule has 0 unspecified atom stereocenters. The molecule has 2 N–H and O–H groups in total. The Bertz CT molecular complexity index is 624. The molecule has 148 valence electrons. The largest absolute Gasteiger partial charge is 0.459 e. The summed E-state index contributed by atoms with van der Waals surface area (Å²) in [5, 5.41) is 12.2. The zero-order valence-electron chi connectivity index (χ0n) is 16.1. The molecular weight excluding hydrogens is 342 g/mol. The first-order valence-electron chi connectivity index (χ1n) is 10.2. The van der Waals surface area contributed by atoms with Crippen LogP contribution in [-0.4, -0.2) is 30.5 Å². The molecule has 5 nitrogen and oxygen atoms in total. The van der Waals surface area contributed by atoms with Crippen molar-refractivity contribution < 1.29 is 19.4 Å². The van der Waals surface area contributed by atoms with Crippen LogP contribution in [0.25, 0.3) is 0 Å². The molecule has 1 aliphatic heterocycles. The van der Waals surface area contributed by atoms with Gasteiger partial charge in [-0.2, -0.15) is 0 Å². The van der Waals surface area contributed by atoms with Crippen molar-refractivity contribution in [1.82, 2.24) is 0 Å². The minimum absolute atomic E-state index is 0.164. The number of rotatable bonds is 8. The van der Waals surface area contributed by atoms with E-state index in [1.165, 1.54) is 25.7 Å². The number of aliphatic hydroxyl groups is 1. The summed E-state index contributed by atoms with van der Waals surface area (Å²) in [4.78, 5) is 12.8. The molecule has 3 atom stereocenters. The molecule has 0 saturated heterocycles. The van der Waals surface area contributed by atoms with E-state index in [0.29, 0.717) is 18.3 Å². The van der Waals surface area contributed by atoms with Crippen LogP contribution in [0.15, 0.2) is 42.2 Å². The summed E-state index contributed by atoms with van der Waals surface area (Å²) in [6.45, 7) is 2.64. The van der Waals surface area contributed by atoms with Crippen LogP contribution >= 0.6 is 0 Å². The molecule has 5 heteroatoms. The Labute approximate surface area is 161 Å². The Hall–Kier alpha value is -1.85. The summed E-state index contributed by atoms with van der Waals surface area (Å²) >= 11 is 0. The second-order valence-electron chi connectivity index (χ2n) is 7.44. The van der Waals surface area contributed by atoms with Gasteiger partial charge in [0.25, 0.3) is 5.91 Å². The minimum atomic E-state index is -0.436. The second kappa shape index (κ2) is 9.90. The number of nitrogens with one attached hydrogen (secondary N) is 1. The van der Waals surface area contributed by atoms with Gasteiger partial charge in [-0.05, 0) is 62.7 Å². The molecule has 1 aromatic rings. The van der Waals surface area contributed by atoms with Crippen molar-refractivity contribution in [1.29, 1.82) is 0 Å². The Kier molecular flexibility index (Phi) is 7.30. The van der Waals surface area contributed by atoms with Gasteiger partial charge in [0.05, 0.1) is 0 Å². The highest BCUT2D eigenvalue weighted by Gasteiger charge is 2.41. The number of para-hydroxylation sites is 1. The maximum absolute atomic E-state index is 12.8. The SMILES string of the molecule is CCO[C@@H]1OC(C(=O)Nc2ccccc2)=C[C@H](C2CCCC2)[C@H]1CCCO. The average Bonchev–Trinajstić information content (AvgIpc) is 3.22. The molecule has 0 radical (unpaired) electrons. The average molecular weight is 373 g/mol. The van der Waals surface area contributed by atoms with E-state index in [2.05, 4.69) is 5.32 Å². The van der Waals surface area contributed by atoms with Crippen molar-refractivity contribution in [3.05, 3.63) is 42.2 Å². The maximum Gasteiger partial charge on any atom is 0.290 e. The van der Waals surface area contributed by atoms with Gasteiger partial charge in [0.2, 0.25) is 6.29 Å². The van der Waals surface area contributed by atoms with E-state index in [0.717, 1.165) is 18.5 Å². The zero-order valence-corrected chi connectivity index (χ0v) is 16.1. The van der Waals surface area contributed by atoms with E-state index in [9.17, 15) is 9.90 Å². The van der Waals surface area contributed by atoms with Gasteiger partial charge in [0.15, 0.2) is 5.76 Å². The highest BCUT2D eigenvalue weighted by molar-refractivity contribution is 6.02. The van der Waals surface area contributed by atoms with E-state index in [1.807, 2.05) is 43.3 Å². The molecule has 1 aliphatic carbocycles. The third kappa shape index (κ3) is 5.11.